The lowest BCUT2D eigenvalue weighted by atomic mass is 10.0. The first-order valence-electron chi connectivity index (χ1n) is 10.2. The van der Waals surface area contributed by atoms with E-state index in [0.29, 0.717) is 24.2 Å². The molecule has 1 aromatic heterocycles. The van der Waals surface area contributed by atoms with E-state index in [1.54, 1.807) is 12.1 Å². The third kappa shape index (κ3) is 6.51. The van der Waals surface area contributed by atoms with E-state index in [1.165, 1.54) is 12.8 Å². The Morgan fingerprint density at radius 1 is 1.17 bits per heavy atom. The molecule has 0 bridgehead atoms. The van der Waals surface area contributed by atoms with Crippen LogP contribution in [-0.4, -0.2) is 65.4 Å². The van der Waals surface area contributed by atoms with Crippen LogP contribution in [0.1, 0.15) is 30.7 Å². The molecule has 156 valence electrons. The Hall–Kier alpha value is -2.51. The van der Waals surface area contributed by atoms with Gasteiger partial charge in [-0.05, 0) is 84.2 Å². The molecule has 3 rings (SSSR count). The average molecular weight is 398 g/mol. The summed E-state index contributed by atoms with van der Waals surface area (Å²) >= 11 is 0. The van der Waals surface area contributed by atoms with Gasteiger partial charge in [-0.25, -0.2) is 9.97 Å². The fourth-order valence-corrected chi connectivity index (χ4v) is 3.57. The van der Waals surface area contributed by atoms with Crippen LogP contribution < -0.4 is 10.1 Å². The second kappa shape index (κ2) is 9.80. The van der Waals surface area contributed by atoms with Gasteiger partial charge in [0.2, 0.25) is 5.91 Å². The molecular weight excluding hydrogens is 366 g/mol. The van der Waals surface area contributed by atoms with Gasteiger partial charge in [-0.1, -0.05) is 0 Å². The number of ether oxygens (including phenoxy) is 1. The van der Waals surface area contributed by atoms with E-state index in [9.17, 15) is 4.79 Å². The van der Waals surface area contributed by atoms with Crippen molar-refractivity contribution in [3.8, 4) is 11.8 Å². The quantitative estimate of drug-likeness (QED) is 0.773. The zero-order valence-corrected chi connectivity index (χ0v) is 17.8. The number of amides is 1. The lowest BCUT2D eigenvalue weighted by molar-refractivity contribution is -0.116. The van der Waals surface area contributed by atoms with Gasteiger partial charge in [-0.3, -0.25) is 4.79 Å². The number of aryl methyl sites for hydroxylation is 2. The van der Waals surface area contributed by atoms with Crippen molar-refractivity contribution >= 4 is 11.6 Å². The van der Waals surface area contributed by atoms with Gasteiger partial charge in [-0.2, -0.15) is 0 Å². The highest BCUT2D eigenvalue weighted by molar-refractivity contribution is 5.90. The van der Waals surface area contributed by atoms with Gasteiger partial charge in [0.25, 0.3) is 0 Å². The zero-order chi connectivity index (χ0) is 20.8. The summed E-state index contributed by atoms with van der Waals surface area (Å²) in [4.78, 5) is 25.5. The highest BCUT2D eigenvalue weighted by Crippen LogP contribution is 2.21. The third-order valence-corrected chi connectivity index (χ3v) is 5.31. The van der Waals surface area contributed by atoms with Crippen LogP contribution in [0.3, 0.4) is 0 Å². The topological polar surface area (TPSA) is 70.6 Å². The highest BCUT2D eigenvalue weighted by Gasteiger charge is 2.20. The zero-order valence-electron chi connectivity index (χ0n) is 17.8. The van der Waals surface area contributed by atoms with Crippen LogP contribution in [0.2, 0.25) is 0 Å². The number of carbonyl (C=O) groups is 1. The maximum atomic E-state index is 12.3. The van der Waals surface area contributed by atoms with E-state index in [4.69, 9.17) is 4.74 Å². The van der Waals surface area contributed by atoms with Crippen molar-refractivity contribution in [2.75, 3.05) is 39.0 Å². The predicted molar refractivity (Wildman–Crippen MR) is 114 cm³/mol. The van der Waals surface area contributed by atoms with Crippen molar-refractivity contribution in [3.05, 3.63) is 41.7 Å². The summed E-state index contributed by atoms with van der Waals surface area (Å²) < 4.78 is 5.71. The largest absolute Gasteiger partial charge is 0.424 e. The van der Waals surface area contributed by atoms with Crippen LogP contribution in [0.4, 0.5) is 5.69 Å². The second-order valence-electron chi connectivity index (χ2n) is 7.87. The molecular formula is C22H31N5O2. The Morgan fingerprint density at radius 3 is 2.41 bits per heavy atom. The number of nitrogens with one attached hydrogen (secondary N) is 1. The number of likely N-dealkylation sites (tertiary alicyclic amines) is 1. The van der Waals surface area contributed by atoms with Gasteiger partial charge in [0.1, 0.15) is 5.75 Å². The number of anilines is 1. The minimum atomic E-state index is 0.0242. The summed E-state index contributed by atoms with van der Waals surface area (Å²) in [5.41, 5.74) is 2.48. The molecule has 1 saturated heterocycles. The lowest BCUT2D eigenvalue weighted by Gasteiger charge is -2.35. The van der Waals surface area contributed by atoms with E-state index >= 15 is 0 Å². The maximum Gasteiger partial charge on any atom is 0.322 e. The molecule has 0 radical (unpaired) electrons. The van der Waals surface area contributed by atoms with Crippen LogP contribution in [0.15, 0.2) is 30.3 Å². The van der Waals surface area contributed by atoms with E-state index in [2.05, 4.69) is 39.2 Å². The summed E-state index contributed by atoms with van der Waals surface area (Å²) in [5.74, 6) is 0.658. The molecule has 7 nitrogen and oxygen atoms in total. The molecule has 1 aliphatic rings. The fourth-order valence-electron chi connectivity index (χ4n) is 3.57. The fraction of sp³-hybridized carbons (Fsp3) is 0.500. The molecule has 2 aromatic rings. The van der Waals surface area contributed by atoms with Gasteiger partial charge in [0.05, 0.1) is 0 Å². The molecule has 1 N–H and O–H groups in total. The molecule has 7 heteroatoms. The highest BCUT2D eigenvalue weighted by atomic mass is 16.5. The van der Waals surface area contributed by atoms with Crippen molar-refractivity contribution in [2.24, 2.45) is 0 Å². The molecule has 0 unspecified atom stereocenters. The molecule has 1 amide bonds. The number of nitrogens with zero attached hydrogens (tertiary/aromatic N) is 4. The molecule has 1 fully saturated rings. The summed E-state index contributed by atoms with van der Waals surface area (Å²) in [6, 6.07) is 10.1. The number of rotatable bonds is 7. The Morgan fingerprint density at radius 2 is 1.79 bits per heavy atom. The molecule has 1 aromatic carbocycles. The van der Waals surface area contributed by atoms with Crippen molar-refractivity contribution < 1.29 is 9.53 Å². The van der Waals surface area contributed by atoms with Gasteiger partial charge < -0.3 is 19.9 Å². The van der Waals surface area contributed by atoms with Gasteiger partial charge in [-0.15, -0.1) is 0 Å². The second-order valence-corrected chi connectivity index (χ2v) is 7.87. The monoisotopic (exact) mass is 397 g/mol. The number of aromatic nitrogens is 2. The van der Waals surface area contributed by atoms with Crippen LogP contribution >= 0.6 is 0 Å². The number of benzene rings is 1. The predicted octanol–water partition coefficient (Wildman–Crippen LogP) is 3.24. The average Bonchev–Trinajstić information content (AvgIpc) is 2.67. The molecule has 0 saturated carbocycles. The summed E-state index contributed by atoms with van der Waals surface area (Å²) in [6.07, 6.45) is 2.82. The van der Waals surface area contributed by atoms with Gasteiger partial charge in [0.15, 0.2) is 0 Å². The minimum Gasteiger partial charge on any atom is -0.424 e. The normalized spacial score (nSPS) is 15.5. The number of carbonyl (C=O) groups excluding carboxylic acids is 1. The van der Waals surface area contributed by atoms with Crippen molar-refractivity contribution in [3.63, 3.8) is 0 Å². The van der Waals surface area contributed by atoms with Gasteiger partial charge in [0, 0.05) is 36.1 Å². The van der Waals surface area contributed by atoms with Gasteiger partial charge >= 0.3 is 6.01 Å². The third-order valence-electron chi connectivity index (χ3n) is 5.31. The number of hydrogen-bond donors (Lipinski definition) is 1. The standard InChI is InChI=1S/C22H31N5O2/c1-16-15-17(2)24-22(23-16)29-20-7-5-18(6-8-20)25-21(28)11-14-27(4)19-9-12-26(3)13-10-19/h5-8,15,19H,9-14H2,1-4H3,(H,25,28). The van der Waals surface area contributed by atoms with Crippen LogP contribution in [0, 0.1) is 13.8 Å². The molecule has 29 heavy (non-hydrogen) atoms. The van der Waals surface area contributed by atoms with Crippen molar-refractivity contribution in [1.29, 1.82) is 0 Å². The Balaban J connectivity index is 1.45. The summed E-state index contributed by atoms with van der Waals surface area (Å²) in [5, 5.41) is 2.96. The lowest BCUT2D eigenvalue weighted by Crippen LogP contribution is -2.42. The van der Waals surface area contributed by atoms with Crippen molar-refractivity contribution in [1.82, 2.24) is 19.8 Å². The molecule has 0 atom stereocenters. The van der Waals surface area contributed by atoms with Crippen LogP contribution in [0.5, 0.6) is 11.8 Å². The molecule has 0 spiro atoms. The Labute approximate surface area is 173 Å². The van der Waals surface area contributed by atoms with E-state index in [-0.39, 0.29) is 5.91 Å². The van der Waals surface area contributed by atoms with E-state index in [1.807, 2.05) is 32.0 Å². The van der Waals surface area contributed by atoms with Crippen LogP contribution in [0.25, 0.3) is 0 Å². The Kier molecular flexibility index (Phi) is 7.17. The summed E-state index contributed by atoms with van der Waals surface area (Å²) in [7, 11) is 4.28. The Bertz CT molecular complexity index is 796. The number of hydrogen-bond acceptors (Lipinski definition) is 6. The first-order valence-corrected chi connectivity index (χ1v) is 10.2. The van der Waals surface area contributed by atoms with E-state index < -0.39 is 0 Å². The number of piperidine rings is 1. The van der Waals surface area contributed by atoms with Crippen molar-refractivity contribution in [2.45, 2.75) is 39.2 Å². The molecule has 1 aliphatic heterocycles. The SMILES string of the molecule is Cc1cc(C)nc(Oc2ccc(NC(=O)CCN(C)C3CCN(C)CC3)cc2)n1. The van der Waals surface area contributed by atoms with E-state index in [0.717, 1.165) is 36.7 Å². The molecule has 0 aliphatic carbocycles. The first-order chi connectivity index (χ1) is 13.9. The minimum absolute atomic E-state index is 0.0242. The summed E-state index contributed by atoms with van der Waals surface area (Å²) in [6.45, 7) is 6.84. The first kappa shape index (κ1) is 21.2. The molecule has 2 heterocycles. The smallest absolute Gasteiger partial charge is 0.322 e. The maximum absolute atomic E-state index is 12.3. The van der Waals surface area contributed by atoms with Crippen LogP contribution in [-0.2, 0) is 4.79 Å².